The lowest BCUT2D eigenvalue weighted by Gasteiger charge is -2.17. The highest BCUT2D eigenvalue weighted by Gasteiger charge is 2.23. The molecule has 2 rings (SSSR count). The van der Waals surface area contributed by atoms with Gasteiger partial charge in [-0.1, -0.05) is 13.8 Å². The van der Waals surface area contributed by atoms with Crippen molar-refractivity contribution in [1.82, 2.24) is 19.2 Å². The Morgan fingerprint density at radius 1 is 1.38 bits per heavy atom. The van der Waals surface area contributed by atoms with Crippen LogP contribution in [0.2, 0.25) is 0 Å². The standard InChI is InChI=1S/C15H24N4O4S/c1-11(2)7-14(20)16-9-12-8-15(21)19-6-4-5-18(24(3,22)23)10-13(19)17-12/h8,11H,4-7,9-10H2,1-3H3,(H,16,20). The summed E-state index contributed by atoms with van der Waals surface area (Å²) in [5, 5.41) is 2.74. The van der Waals surface area contributed by atoms with Gasteiger partial charge in [-0.15, -0.1) is 0 Å². The lowest BCUT2D eigenvalue weighted by Crippen LogP contribution is -2.32. The molecule has 1 aliphatic heterocycles. The minimum absolute atomic E-state index is 0.0713. The summed E-state index contributed by atoms with van der Waals surface area (Å²) in [5.41, 5.74) is 0.224. The van der Waals surface area contributed by atoms with Crippen molar-refractivity contribution in [2.75, 3.05) is 12.8 Å². The van der Waals surface area contributed by atoms with E-state index < -0.39 is 10.0 Å². The number of fused-ring (bicyclic) bond motifs is 1. The zero-order chi connectivity index (χ0) is 17.9. The van der Waals surface area contributed by atoms with Crippen molar-refractivity contribution in [1.29, 1.82) is 0 Å². The maximum atomic E-state index is 12.3. The third kappa shape index (κ3) is 4.88. The van der Waals surface area contributed by atoms with E-state index in [0.717, 1.165) is 6.26 Å². The van der Waals surface area contributed by atoms with E-state index in [-0.39, 0.29) is 30.5 Å². The molecule has 1 amide bonds. The predicted molar refractivity (Wildman–Crippen MR) is 89.7 cm³/mol. The minimum Gasteiger partial charge on any atom is -0.350 e. The summed E-state index contributed by atoms with van der Waals surface area (Å²) in [5.74, 6) is 0.567. The average Bonchev–Trinajstić information content (AvgIpc) is 2.67. The van der Waals surface area contributed by atoms with E-state index in [2.05, 4.69) is 10.3 Å². The SMILES string of the molecule is CC(C)CC(=O)NCc1cc(=O)n2c(n1)CN(S(C)(=O)=O)CCC2. The summed E-state index contributed by atoms with van der Waals surface area (Å²) in [7, 11) is -3.35. The topological polar surface area (TPSA) is 101 Å². The molecule has 1 N–H and O–H groups in total. The summed E-state index contributed by atoms with van der Waals surface area (Å²) in [4.78, 5) is 28.4. The second-order valence-electron chi connectivity index (χ2n) is 6.48. The Labute approximate surface area is 141 Å². The van der Waals surface area contributed by atoms with Gasteiger partial charge in [0.2, 0.25) is 15.9 Å². The number of hydrogen-bond acceptors (Lipinski definition) is 5. The van der Waals surface area contributed by atoms with Gasteiger partial charge in [-0.3, -0.25) is 14.2 Å². The van der Waals surface area contributed by atoms with E-state index in [1.165, 1.54) is 14.9 Å². The van der Waals surface area contributed by atoms with Gasteiger partial charge in [0.05, 0.1) is 25.0 Å². The van der Waals surface area contributed by atoms with E-state index in [4.69, 9.17) is 0 Å². The first-order chi connectivity index (χ1) is 11.2. The van der Waals surface area contributed by atoms with Crippen molar-refractivity contribution < 1.29 is 13.2 Å². The first-order valence-corrected chi connectivity index (χ1v) is 9.83. The second-order valence-corrected chi connectivity index (χ2v) is 8.46. The normalized spacial score (nSPS) is 15.8. The summed E-state index contributed by atoms with van der Waals surface area (Å²) in [6.45, 7) is 4.93. The maximum absolute atomic E-state index is 12.3. The van der Waals surface area contributed by atoms with E-state index in [1.807, 2.05) is 13.8 Å². The Morgan fingerprint density at radius 3 is 2.71 bits per heavy atom. The first-order valence-electron chi connectivity index (χ1n) is 7.98. The van der Waals surface area contributed by atoms with Crippen LogP contribution in [-0.4, -0.2) is 41.0 Å². The summed E-state index contributed by atoms with van der Waals surface area (Å²) in [6, 6.07) is 1.40. The van der Waals surface area contributed by atoms with Gasteiger partial charge in [-0.05, 0) is 12.3 Å². The van der Waals surface area contributed by atoms with E-state index >= 15 is 0 Å². The van der Waals surface area contributed by atoms with E-state index in [1.54, 1.807) is 0 Å². The van der Waals surface area contributed by atoms with Gasteiger partial charge in [-0.25, -0.2) is 13.4 Å². The molecule has 0 atom stereocenters. The molecule has 1 aliphatic rings. The molecular formula is C15H24N4O4S. The zero-order valence-corrected chi connectivity index (χ0v) is 15.1. The third-order valence-electron chi connectivity index (χ3n) is 3.78. The fourth-order valence-corrected chi connectivity index (χ4v) is 3.42. The van der Waals surface area contributed by atoms with E-state index in [0.29, 0.717) is 37.4 Å². The fraction of sp³-hybridized carbons (Fsp3) is 0.667. The fourth-order valence-electron chi connectivity index (χ4n) is 2.61. The monoisotopic (exact) mass is 356 g/mol. The van der Waals surface area contributed by atoms with Gasteiger partial charge in [0.15, 0.2) is 0 Å². The highest BCUT2D eigenvalue weighted by Crippen LogP contribution is 2.12. The molecule has 8 nitrogen and oxygen atoms in total. The summed E-state index contributed by atoms with van der Waals surface area (Å²) >= 11 is 0. The summed E-state index contributed by atoms with van der Waals surface area (Å²) < 4.78 is 26.4. The maximum Gasteiger partial charge on any atom is 0.253 e. The number of amides is 1. The number of nitrogens with one attached hydrogen (secondary N) is 1. The van der Waals surface area contributed by atoms with Crippen molar-refractivity contribution in [3.8, 4) is 0 Å². The first kappa shape index (κ1) is 18.6. The van der Waals surface area contributed by atoms with Crippen LogP contribution >= 0.6 is 0 Å². The molecular weight excluding hydrogens is 332 g/mol. The third-order valence-corrected chi connectivity index (χ3v) is 5.03. The van der Waals surface area contributed by atoms with Crippen LogP contribution in [0.25, 0.3) is 0 Å². The van der Waals surface area contributed by atoms with Crippen LogP contribution in [0.15, 0.2) is 10.9 Å². The molecule has 0 fully saturated rings. The predicted octanol–water partition coefficient (Wildman–Crippen LogP) is 0.0709. The van der Waals surface area contributed by atoms with Crippen LogP contribution in [0.3, 0.4) is 0 Å². The minimum atomic E-state index is -3.35. The molecule has 1 aromatic heterocycles. The Balaban J connectivity index is 2.20. The highest BCUT2D eigenvalue weighted by molar-refractivity contribution is 7.88. The lowest BCUT2D eigenvalue weighted by atomic mass is 10.1. The molecule has 0 unspecified atom stereocenters. The van der Waals surface area contributed by atoms with Crippen molar-refractivity contribution in [3.63, 3.8) is 0 Å². The number of nitrogens with zero attached hydrogens (tertiary/aromatic N) is 3. The lowest BCUT2D eigenvalue weighted by molar-refractivity contribution is -0.121. The Morgan fingerprint density at radius 2 is 2.08 bits per heavy atom. The van der Waals surface area contributed by atoms with E-state index in [9.17, 15) is 18.0 Å². The van der Waals surface area contributed by atoms with Crippen molar-refractivity contribution in [2.45, 2.75) is 46.3 Å². The molecule has 24 heavy (non-hydrogen) atoms. The van der Waals surface area contributed by atoms with Gasteiger partial charge in [-0.2, -0.15) is 4.31 Å². The molecule has 9 heteroatoms. The molecule has 0 bridgehead atoms. The smallest absolute Gasteiger partial charge is 0.253 e. The quantitative estimate of drug-likeness (QED) is 0.804. The Hall–Kier alpha value is -1.74. The molecule has 0 aromatic carbocycles. The summed E-state index contributed by atoms with van der Waals surface area (Å²) in [6.07, 6.45) is 2.12. The molecule has 0 aliphatic carbocycles. The molecule has 1 aromatic rings. The van der Waals surface area contributed by atoms with Gasteiger partial charge in [0.25, 0.3) is 5.56 Å². The van der Waals surface area contributed by atoms with Gasteiger partial charge < -0.3 is 5.32 Å². The molecule has 2 heterocycles. The van der Waals surface area contributed by atoms with Crippen LogP contribution in [0.5, 0.6) is 0 Å². The molecule has 134 valence electrons. The van der Waals surface area contributed by atoms with Crippen molar-refractivity contribution >= 4 is 15.9 Å². The number of carbonyl (C=O) groups excluding carboxylic acids is 1. The second kappa shape index (κ2) is 7.43. The van der Waals surface area contributed by atoms with Gasteiger partial charge >= 0.3 is 0 Å². The van der Waals surface area contributed by atoms with Crippen LogP contribution in [0.4, 0.5) is 0 Å². The Bertz CT molecular complexity index is 770. The van der Waals surface area contributed by atoms with Crippen LogP contribution in [0, 0.1) is 5.92 Å². The van der Waals surface area contributed by atoms with Gasteiger partial charge in [0, 0.05) is 25.6 Å². The van der Waals surface area contributed by atoms with Crippen molar-refractivity contribution in [2.24, 2.45) is 5.92 Å². The Kier molecular flexibility index (Phi) is 5.76. The van der Waals surface area contributed by atoms with Crippen LogP contribution in [0.1, 0.15) is 38.2 Å². The number of aromatic nitrogens is 2. The van der Waals surface area contributed by atoms with Crippen molar-refractivity contribution in [3.05, 3.63) is 27.9 Å². The largest absolute Gasteiger partial charge is 0.350 e. The molecule has 0 saturated heterocycles. The van der Waals surface area contributed by atoms with Gasteiger partial charge in [0.1, 0.15) is 5.82 Å². The average molecular weight is 356 g/mol. The zero-order valence-electron chi connectivity index (χ0n) is 14.3. The number of hydrogen-bond donors (Lipinski definition) is 1. The molecule has 0 saturated carbocycles. The van der Waals surface area contributed by atoms with Crippen LogP contribution < -0.4 is 10.9 Å². The molecule has 0 spiro atoms. The number of sulfonamides is 1. The molecule has 0 radical (unpaired) electrons. The highest BCUT2D eigenvalue weighted by atomic mass is 32.2. The van der Waals surface area contributed by atoms with Crippen LogP contribution in [-0.2, 0) is 34.5 Å². The number of carbonyl (C=O) groups is 1. The number of rotatable bonds is 5.